The molecule has 4 aliphatic rings. The van der Waals surface area contributed by atoms with Gasteiger partial charge >= 0.3 is 0 Å². The van der Waals surface area contributed by atoms with Crippen LogP contribution in [0.2, 0.25) is 5.02 Å². The van der Waals surface area contributed by atoms with E-state index < -0.39 is 0 Å². The van der Waals surface area contributed by atoms with Crippen LogP contribution in [0, 0.1) is 11.8 Å². The van der Waals surface area contributed by atoms with Crippen molar-refractivity contribution in [2.24, 2.45) is 11.8 Å². The zero-order valence-corrected chi connectivity index (χ0v) is 15.6. The molecule has 1 N–H and O–H groups in total. The van der Waals surface area contributed by atoms with Gasteiger partial charge in [0.25, 0.3) is 0 Å². The molecular weight excluding hydrogens is 356 g/mol. The van der Waals surface area contributed by atoms with Crippen LogP contribution in [0.4, 0.5) is 0 Å². The third-order valence-corrected chi connectivity index (χ3v) is 6.73. The number of rotatable bonds is 4. The minimum atomic E-state index is -0.0450. The van der Waals surface area contributed by atoms with Crippen molar-refractivity contribution in [3.05, 3.63) is 22.7 Å². The van der Waals surface area contributed by atoms with Crippen molar-refractivity contribution < 1.29 is 19.0 Å². The molecule has 7 heteroatoms. The Labute approximate surface area is 157 Å². The van der Waals surface area contributed by atoms with Crippen LogP contribution in [-0.4, -0.2) is 48.9 Å². The number of nitrogens with one attached hydrogen (secondary N) is 1. The first-order valence-electron chi connectivity index (χ1n) is 9.27. The molecule has 1 spiro atoms. The van der Waals surface area contributed by atoms with E-state index in [0.717, 1.165) is 43.8 Å². The number of hydrogen-bond acceptors (Lipinski definition) is 5. The smallest absolute Gasteiger partial charge is 0.231 e. The molecule has 1 aromatic rings. The van der Waals surface area contributed by atoms with E-state index in [4.69, 9.17) is 25.8 Å². The number of carbonyl (C=O) groups is 1. The number of hydrogen-bond donors (Lipinski definition) is 1. The van der Waals surface area contributed by atoms with Gasteiger partial charge < -0.3 is 19.5 Å². The summed E-state index contributed by atoms with van der Waals surface area (Å²) in [7, 11) is 0. The summed E-state index contributed by atoms with van der Waals surface area (Å²) in [6.07, 6.45) is 2.51. The number of halogens is 1. The number of fused-ring (bicyclic) bond motifs is 2. The predicted octanol–water partition coefficient (Wildman–Crippen LogP) is 2.18. The molecule has 3 saturated heterocycles. The molecule has 26 heavy (non-hydrogen) atoms. The van der Waals surface area contributed by atoms with E-state index in [0.29, 0.717) is 35.3 Å². The van der Waals surface area contributed by atoms with Crippen LogP contribution in [0.5, 0.6) is 11.5 Å². The highest BCUT2D eigenvalue weighted by atomic mass is 35.5. The van der Waals surface area contributed by atoms with Gasteiger partial charge in [0.05, 0.1) is 11.7 Å². The number of nitrogens with zero attached hydrogens (tertiary/aromatic N) is 1. The maximum atomic E-state index is 11.3. The molecule has 3 fully saturated rings. The molecule has 140 valence electrons. The van der Waals surface area contributed by atoms with E-state index in [1.165, 1.54) is 0 Å². The van der Waals surface area contributed by atoms with Gasteiger partial charge in [-0.25, -0.2) is 0 Å². The van der Waals surface area contributed by atoms with Crippen LogP contribution in [0.1, 0.15) is 25.3 Å². The predicted molar refractivity (Wildman–Crippen MR) is 95.4 cm³/mol. The first-order chi connectivity index (χ1) is 12.5. The van der Waals surface area contributed by atoms with Crippen LogP contribution < -0.4 is 14.8 Å². The van der Waals surface area contributed by atoms with Crippen molar-refractivity contribution in [3.8, 4) is 11.5 Å². The van der Waals surface area contributed by atoms with Crippen LogP contribution in [0.25, 0.3) is 0 Å². The Hall–Kier alpha value is -1.50. The largest absolute Gasteiger partial charge is 0.454 e. The number of ether oxygens (including phenoxy) is 3. The maximum Gasteiger partial charge on any atom is 0.231 e. The van der Waals surface area contributed by atoms with E-state index in [1.807, 2.05) is 12.1 Å². The van der Waals surface area contributed by atoms with Gasteiger partial charge in [-0.1, -0.05) is 11.6 Å². The van der Waals surface area contributed by atoms with Gasteiger partial charge in [0.1, 0.15) is 0 Å². The Bertz CT molecular complexity index is 757. The summed E-state index contributed by atoms with van der Waals surface area (Å²) < 4.78 is 17.3. The van der Waals surface area contributed by atoms with Crippen molar-refractivity contribution in [1.29, 1.82) is 0 Å². The summed E-state index contributed by atoms with van der Waals surface area (Å²) in [6, 6.07) is 3.83. The molecule has 5 rings (SSSR count). The average Bonchev–Trinajstić information content (AvgIpc) is 3.32. The van der Waals surface area contributed by atoms with Gasteiger partial charge in [-0.15, -0.1) is 0 Å². The lowest BCUT2D eigenvalue weighted by atomic mass is 9.73. The van der Waals surface area contributed by atoms with Gasteiger partial charge in [0.15, 0.2) is 11.5 Å². The second kappa shape index (κ2) is 6.01. The first-order valence-corrected chi connectivity index (χ1v) is 9.64. The highest BCUT2D eigenvalue weighted by Crippen LogP contribution is 2.55. The van der Waals surface area contributed by atoms with Crippen LogP contribution >= 0.6 is 11.6 Å². The van der Waals surface area contributed by atoms with Crippen molar-refractivity contribution >= 4 is 17.5 Å². The molecule has 0 saturated carbocycles. The van der Waals surface area contributed by atoms with Crippen molar-refractivity contribution in [3.63, 3.8) is 0 Å². The summed E-state index contributed by atoms with van der Waals surface area (Å²) in [6.45, 7) is 5.22. The monoisotopic (exact) mass is 378 g/mol. The lowest BCUT2D eigenvalue weighted by Crippen LogP contribution is -2.41. The lowest BCUT2D eigenvalue weighted by molar-refractivity contribution is -0.119. The number of amides is 1. The molecule has 4 aliphatic heterocycles. The van der Waals surface area contributed by atoms with E-state index in [2.05, 4.69) is 10.2 Å². The quantitative estimate of drug-likeness (QED) is 0.870. The topological polar surface area (TPSA) is 60.0 Å². The highest BCUT2D eigenvalue weighted by molar-refractivity contribution is 6.31. The Morgan fingerprint density at radius 2 is 2.19 bits per heavy atom. The SMILES string of the molecule is CC(=O)NC[C@H]1[C@H]2CN(Cc3cc4c(cc3Cl)OCO4)C[C@]23CC[C@H]1O3. The second-order valence-corrected chi connectivity index (χ2v) is 8.34. The minimum Gasteiger partial charge on any atom is -0.454 e. The molecular formula is C19H23ClN2O4. The molecule has 0 radical (unpaired) electrons. The first kappa shape index (κ1) is 16.7. The van der Waals surface area contributed by atoms with E-state index in [1.54, 1.807) is 6.92 Å². The van der Waals surface area contributed by atoms with Gasteiger partial charge in [0.2, 0.25) is 12.7 Å². The number of likely N-dealkylation sites (tertiary alicyclic amines) is 1. The van der Waals surface area contributed by atoms with E-state index in [-0.39, 0.29) is 18.3 Å². The molecule has 0 aliphatic carbocycles. The third-order valence-electron chi connectivity index (χ3n) is 6.38. The molecule has 1 amide bonds. The van der Waals surface area contributed by atoms with Crippen molar-refractivity contribution in [2.45, 2.75) is 38.0 Å². The third kappa shape index (κ3) is 2.58. The zero-order chi connectivity index (χ0) is 17.9. The Kier molecular flexibility index (Phi) is 3.85. The number of carbonyl (C=O) groups excluding carboxylic acids is 1. The molecule has 2 bridgehead atoms. The van der Waals surface area contributed by atoms with Gasteiger partial charge in [0, 0.05) is 56.0 Å². The van der Waals surface area contributed by atoms with Gasteiger partial charge in [-0.2, -0.15) is 0 Å². The fraction of sp³-hybridized carbons (Fsp3) is 0.632. The van der Waals surface area contributed by atoms with Crippen LogP contribution in [0.3, 0.4) is 0 Å². The van der Waals surface area contributed by atoms with Gasteiger partial charge in [-0.05, 0) is 24.5 Å². The standard InChI is InChI=1S/C19H23ClN2O4/c1-11(23)21-6-13-14-8-22(9-19(14)3-2-16(13)26-19)7-12-4-17-18(5-15(12)20)25-10-24-17/h4-5,13-14,16H,2-3,6-10H2,1H3,(H,21,23)/t13-,14+,16+,19+/m0/s1. The minimum absolute atomic E-state index is 0.0313. The average molecular weight is 379 g/mol. The highest BCUT2D eigenvalue weighted by Gasteiger charge is 2.62. The second-order valence-electron chi connectivity index (χ2n) is 7.93. The molecule has 4 atom stereocenters. The van der Waals surface area contributed by atoms with Gasteiger partial charge in [-0.3, -0.25) is 9.69 Å². The number of benzene rings is 1. The van der Waals surface area contributed by atoms with E-state index in [9.17, 15) is 4.79 Å². The Morgan fingerprint density at radius 1 is 1.38 bits per heavy atom. The fourth-order valence-electron chi connectivity index (χ4n) is 5.26. The molecule has 0 unspecified atom stereocenters. The normalized spacial score (nSPS) is 34.3. The summed E-state index contributed by atoms with van der Waals surface area (Å²) in [5, 5.41) is 3.71. The fourth-order valence-corrected chi connectivity index (χ4v) is 5.48. The Balaban J connectivity index is 1.32. The summed E-state index contributed by atoms with van der Waals surface area (Å²) in [5.41, 5.74) is 1.01. The lowest BCUT2D eigenvalue weighted by Gasteiger charge is -2.29. The van der Waals surface area contributed by atoms with Crippen LogP contribution in [-0.2, 0) is 16.1 Å². The zero-order valence-electron chi connectivity index (χ0n) is 14.8. The van der Waals surface area contributed by atoms with Crippen molar-refractivity contribution in [2.75, 3.05) is 26.4 Å². The van der Waals surface area contributed by atoms with Crippen LogP contribution in [0.15, 0.2) is 12.1 Å². The molecule has 1 aromatic carbocycles. The summed E-state index contributed by atoms with van der Waals surface area (Å²) >= 11 is 6.46. The molecule has 4 heterocycles. The maximum absolute atomic E-state index is 11.3. The molecule has 0 aromatic heterocycles. The Morgan fingerprint density at radius 3 is 3.00 bits per heavy atom. The summed E-state index contributed by atoms with van der Waals surface area (Å²) in [4.78, 5) is 13.8. The van der Waals surface area contributed by atoms with E-state index >= 15 is 0 Å². The van der Waals surface area contributed by atoms with Crippen molar-refractivity contribution in [1.82, 2.24) is 10.2 Å². The molecule has 6 nitrogen and oxygen atoms in total. The summed E-state index contributed by atoms with van der Waals surface area (Å²) in [5.74, 6) is 2.39.